The van der Waals surface area contributed by atoms with Crippen LogP contribution in [0.15, 0.2) is 61.1 Å². The molecule has 0 spiro atoms. The average Bonchev–Trinajstić information content (AvgIpc) is 3.29. The fourth-order valence-electron chi connectivity index (χ4n) is 2.98. The Balaban J connectivity index is 1.70. The van der Waals surface area contributed by atoms with Crippen LogP contribution in [0, 0.1) is 0 Å². The first-order chi connectivity index (χ1) is 12.3. The van der Waals surface area contributed by atoms with Crippen LogP contribution >= 0.6 is 0 Å². The zero-order valence-corrected chi connectivity index (χ0v) is 13.9. The van der Waals surface area contributed by atoms with Crippen molar-refractivity contribution in [2.45, 2.75) is 13.3 Å². The largest absolute Gasteiger partial charge is 0.359 e. The summed E-state index contributed by atoms with van der Waals surface area (Å²) in [4.78, 5) is 13.9. The number of nitrogens with zero attached hydrogens (tertiary/aromatic N) is 2. The molecule has 4 rings (SSSR count). The monoisotopic (exact) mass is 330 g/mol. The van der Waals surface area contributed by atoms with E-state index in [4.69, 9.17) is 0 Å². The Morgan fingerprint density at radius 2 is 2.00 bits per heavy atom. The molecule has 0 radical (unpaired) electrons. The molecule has 0 atom stereocenters. The summed E-state index contributed by atoms with van der Waals surface area (Å²) in [6.45, 7) is 2.14. The minimum absolute atomic E-state index is 0.688. The highest BCUT2D eigenvalue weighted by molar-refractivity contribution is 5.98. The first kappa shape index (κ1) is 15.2. The molecule has 0 fully saturated rings. The molecular formula is C20H18N4O. The molecule has 2 aromatic carbocycles. The minimum atomic E-state index is 0.688. The Morgan fingerprint density at radius 1 is 1.16 bits per heavy atom. The lowest BCUT2D eigenvalue weighted by Gasteiger charge is -2.03. The number of benzene rings is 2. The number of hydrogen-bond donors (Lipinski definition) is 2. The highest BCUT2D eigenvalue weighted by Crippen LogP contribution is 2.29. The van der Waals surface area contributed by atoms with E-state index in [-0.39, 0.29) is 0 Å². The lowest BCUT2D eigenvalue weighted by Crippen LogP contribution is -1.94. The second-order valence-corrected chi connectivity index (χ2v) is 5.92. The van der Waals surface area contributed by atoms with Crippen molar-refractivity contribution in [1.29, 1.82) is 0 Å². The summed E-state index contributed by atoms with van der Waals surface area (Å²) in [5, 5.41) is 8.18. The summed E-state index contributed by atoms with van der Waals surface area (Å²) in [7, 11) is 0. The van der Waals surface area contributed by atoms with Gasteiger partial charge in [-0.1, -0.05) is 25.1 Å². The maximum Gasteiger partial charge on any atom is 0.211 e. The van der Waals surface area contributed by atoms with Crippen LogP contribution in [-0.2, 0) is 11.2 Å². The van der Waals surface area contributed by atoms with E-state index >= 15 is 0 Å². The zero-order chi connectivity index (χ0) is 17.2. The van der Waals surface area contributed by atoms with E-state index in [1.54, 1.807) is 6.20 Å². The molecule has 2 aromatic heterocycles. The predicted molar refractivity (Wildman–Crippen MR) is 99.9 cm³/mol. The van der Waals surface area contributed by atoms with E-state index in [0.717, 1.165) is 39.8 Å². The smallest absolute Gasteiger partial charge is 0.211 e. The van der Waals surface area contributed by atoms with Gasteiger partial charge >= 0.3 is 0 Å². The third-order valence-corrected chi connectivity index (χ3v) is 4.42. The van der Waals surface area contributed by atoms with Crippen molar-refractivity contribution in [1.82, 2.24) is 14.8 Å². The normalized spacial score (nSPS) is 10.9. The van der Waals surface area contributed by atoms with Gasteiger partial charge in [0.1, 0.15) is 0 Å². The van der Waals surface area contributed by atoms with Gasteiger partial charge in [-0.15, -0.1) is 0 Å². The average molecular weight is 330 g/mol. The molecule has 0 aliphatic carbocycles. The third kappa shape index (κ3) is 2.80. The molecule has 2 heterocycles. The first-order valence-corrected chi connectivity index (χ1v) is 8.24. The van der Waals surface area contributed by atoms with Crippen molar-refractivity contribution in [2.24, 2.45) is 0 Å². The quantitative estimate of drug-likeness (QED) is 0.540. The molecule has 5 heteroatoms. The summed E-state index contributed by atoms with van der Waals surface area (Å²) in [5.74, 6) is 0. The van der Waals surface area contributed by atoms with Gasteiger partial charge in [0.05, 0.1) is 17.6 Å². The number of carbonyl (C=O) groups is 1. The van der Waals surface area contributed by atoms with Gasteiger partial charge in [-0.3, -0.25) is 4.79 Å². The van der Waals surface area contributed by atoms with Crippen LogP contribution in [-0.4, -0.2) is 21.2 Å². The standard InChI is InChI=1S/C20H18N4O/c1-2-14-3-6-17(7-4-14)24-12-16(10-23-24)15-5-8-19-18(9-15)20(11-21-19)22-13-25/h3-13,21H,2H2,1H3,(H,22,25). The third-order valence-electron chi connectivity index (χ3n) is 4.42. The molecular weight excluding hydrogens is 312 g/mol. The van der Waals surface area contributed by atoms with Gasteiger partial charge < -0.3 is 10.3 Å². The Hall–Kier alpha value is -3.34. The SMILES string of the molecule is CCc1ccc(-n2cc(-c3ccc4[nH]cc(NC=O)c4c3)cn2)cc1. The van der Waals surface area contributed by atoms with Gasteiger partial charge in [0, 0.05) is 28.9 Å². The first-order valence-electron chi connectivity index (χ1n) is 8.24. The van der Waals surface area contributed by atoms with Crippen LogP contribution < -0.4 is 5.32 Å². The van der Waals surface area contributed by atoms with E-state index in [1.807, 2.05) is 29.2 Å². The Bertz CT molecular complexity index is 1030. The zero-order valence-electron chi connectivity index (χ0n) is 13.9. The van der Waals surface area contributed by atoms with Crippen molar-refractivity contribution < 1.29 is 4.79 Å². The topological polar surface area (TPSA) is 62.7 Å². The fourth-order valence-corrected chi connectivity index (χ4v) is 2.98. The summed E-state index contributed by atoms with van der Waals surface area (Å²) in [6.07, 6.45) is 7.38. The van der Waals surface area contributed by atoms with E-state index in [2.05, 4.69) is 52.7 Å². The summed E-state index contributed by atoms with van der Waals surface area (Å²) in [6, 6.07) is 14.5. The second kappa shape index (κ2) is 6.28. The van der Waals surface area contributed by atoms with Crippen LogP contribution in [0.4, 0.5) is 5.69 Å². The molecule has 124 valence electrons. The van der Waals surface area contributed by atoms with Gasteiger partial charge in [0.15, 0.2) is 0 Å². The molecule has 0 bridgehead atoms. The molecule has 0 aliphatic rings. The maximum absolute atomic E-state index is 10.7. The minimum Gasteiger partial charge on any atom is -0.359 e. The molecule has 1 amide bonds. The number of aromatic amines is 1. The van der Waals surface area contributed by atoms with Crippen molar-refractivity contribution >= 4 is 23.0 Å². The summed E-state index contributed by atoms with van der Waals surface area (Å²) in [5.41, 5.74) is 6.18. The van der Waals surface area contributed by atoms with Crippen LogP contribution in [0.5, 0.6) is 0 Å². The Morgan fingerprint density at radius 3 is 2.76 bits per heavy atom. The van der Waals surface area contributed by atoms with Crippen LogP contribution in [0.25, 0.3) is 27.7 Å². The summed E-state index contributed by atoms with van der Waals surface area (Å²) >= 11 is 0. The Kier molecular flexibility index (Phi) is 3.82. The highest BCUT2D eigenvalue weighted by atomic mass is 16.1. The molecule has 0 unspecified atom stereocenters. The number of H-pyrrole nitrogens is 1. The van der Waals surface area contributed by atoms with E-state index < -0.39 is 0 Å². The van der Waals surface area contributed by atoms with Crippen molar-refractivity contribution in [3.63, 3.8) is 0 Å². The fraction of sp³-hybridized carbons (Fsp3) is 0.100. The predicted octanol–water partition coefficient (Wildman–Crippen LogP) is 4.15. The van der Waals surface area contributed by atoms with Crippen LogP contribution in [0.1, 0.15) is 12.5 Å². The van der Waals surface area contributed by atoms with Crippen molar-refractivity contribution in [3.05, 3.63) is 66.6 Å². The Labute approximate surface area is 145 Å². The van der Waals surface area contributed by atoms with Crippen molar-refractivity contribution in [2.75, 3.05) is 5.32 Å². The lowest BCUT2D eigenvalue weighted by atomic mass is 10.1. The number of amides is 1. The molecule has 0 saturated heterocycles. The van der Waals surface area contributed by atoms with E-state index in [9.17, 15) is 4.79 Å². The molecule has 0 saturated carbocycles. The van der Waals surface area contributed by atoms with Gasteiger partial charge in [-0.25, -0.2) is 4.68 Å². The maximum atomic E-state index is 10.7. The number of anilines is 1. The van der Waals surface area contributed by atoms with Gasteiger partial charge in [-0.05, 0) is 41.8 Å². The number of fused-ring (bicyclic) bond motifs is 1. The van der Waals surface area contributed by atoms with Gasteiger partial charge in [0.2, 0.25) is 6.41 Å². The van der Waals surface area contributed by atoms with Crippen molar-refractivity contribution in [3.8, 4) is 16.8 Å². The highest BCUT2D eigenvalue weighted by Gasteiger charge is 2.08. The second-order valence-electron chi connectivity index (χ2n) is 5.92. The number of carbonyl (C=O) groups excluding carboxylic acids is 1. The van der Waals surface area contributed by atoms with E-state index in [0.29, 0.717) is 6.41 Å². The van der Waals surface area contributed by atoms with Gasteiger partial charge in [-0.2, -0.15) is 5.10 Å². The number of aryl methyl sites for hydroxylation is 1. The number of hydrogen-bond acceptors (Lipinski definition) is 2. The number of aromatic nitrogens is 3. The number of rotatable bonds is 5. The molecule has 25 heavy (non-hydrogen) atoms. The van der Waals surface area contributed by atoms with Crippen LogP contribution in [0.2, 0.25) is 0 Å². The lowest BCUT2D eigenvalue weighted by molar-refractivity contribution is -0.105. The molecule has 0 aliphatic heterocycles. The number of nitrogens with one attached hydrogen (secondary N) is 2. The summed E-state index contributed by atoms with van der Waals surface area (Å²) < 4.78 is 1.88. The van der Waals surface area contributed by atoms with E-state index in [1.165, 1.54) is 5.56 Å². The molecule has 5 nitrogen and oxygen atoms in total. The van der Waals surface area contributed by atoms with Crippen LogP contribution in [0.3, 0.4) is 0 Å². The molecule has 2 N–H and O–H groups in total. The van der Waals surface area contributed by atoms with Gasteiger partial charge in [0.25, 0.3) is 0 Å². The molecule has 4 aromatic rings.